The molecule has 0 atom stereocenters. The van der Waals surface area contributed by atoms with Crippen molar-refractivity contribution in [2.75, 3.05) is 0 Å². The van der Waals surface area contributed by atoms with Crippen LogP contribution in [0.25, 0.3) is 83.6 Å². The van der Waals surface area contributed by atoms with E-state index in [4.69, 9.17) is 19.4 Å². The maximum absolute atomic E-state index is 6.26. The van der Waals surface area contributed by atoms with Gasteiger partial charge in [-0.2, -0.15) is 9.97 Å². The Bertz CT molecular complexity index is 2720. The van der Waals surface area contributed by atoms with E-state index in [1.165, 1.54) is 33.0 Å². The molecule has 1 aliphatic carbocycles. The topological polar surface area (TPSA) is 56.7 Å². The van der Waals surface area contributed by atoms with E-state index in [2.05, 4.69) is 97.3 Å². The Morgan fingerprint density at radius 1 is 0.532 bits per heavy atom. The van der Waals surface area contributed by atoms with Crippen LogP contribution < -0.4 is 0 Å². The predicted octanol–water partition coefficient (Wildman–Crippen LogP) is 10.5. The van der Waals surface area contributed by atoms with Crippen molar-refractivity contribution in [2.24, 2.45) is 0 Å². The first-order valence-corrected chi connectivity index (χ1v) is 16.0. The standard InChI is InChI=1S/C42H28N4O/c1-42(2)32-17-9-6-14-27(32)30-22-23-34-37(38(30)42)31-16-7-10-18-33(31)46(34)41-44-39(25-12-4-3-5-13-25)43-40(45-41)26-20-21-29-28-15-8-11-19-35(28)47-36(29)24-26/h3-24H,1-2H3. The number of rotatable bonds is 3. The van der Waals surface area contributed by atoms with Gasteiger partial charge in [0, 0.05) is 38.1 Å². The molecule has 0 fully saturated rings. The van der Waals surface area contributed by atoms with Gasteiger partial charge in [-0.05, 0) is 52.6 Å². The summed E-state index contributed by atoms with van der Waals surface area (Å²) in [6.07, 6.45) is 0. The molecule has 0 bridgehead atoms. The third-order valence-corrected chi connectivity index (χ3v) is 9.85. The molecular formula is C42H28N4O. The lowest BCUT2D eigenvalue weighted by Crippen LogP contribution is -2.15. The minimum absolute atomic E-state index is 0.165. The SMILES string of the molecule is CC1(C)c2ccccc2-c2ccc3c(c21)c1ccccc1n3-c1nc(-c2ccccc2)nc(-c2ccc3c(c2)oc2ccccc23)n1. The Morgan fingerprint density at radius 3 is 2.11 bits per heavy atom. The number of nitrogens with zero attached hydrogens (tertiary/aromatic N) is 4. The van der Waals surface area contributed by atoms with Crippen LogP contribution in [-0.4, -0.2) is 19.5 Å². The smallest absolute Gasteiger partial charge is 0.238 e. The van der Waals surface area contributed by atoms with Crippen LogP contribution in [0.15, 0.2) is 138 Å². The second-order valence-corrected chi connectivity index (χ2v) is 12.9. The molecule has 222 valence electrons. The minimum atomic E-state index is -0.165. The highest BCUT2D eigenvalue weighted by molar-refractivity contribution is 6.14. The minimum Gasteiger partial charge on any atom is -0.456 e. The average Bonchev–Trinajstić information content (AvgIpc) is 3.74. The van der Waals surface area contributed by atoms with Crippen molar-refractivity contribution in [2.45, 2.75) is 19.3 Å². The van der Waals surface area contributed by atoms with E-state index in [1.54, 1.807) is 0 Å². The van der Waals surface area contributed by atoms with Crippen LogP contribution in [0.1, 0.15) is 25.0 Å². The van der Waals surface area contributed by atoms with Crippen molar-refractivity contribution < 1.29 is 4.42 Å². The van der Waals surface area contributed by atoms with Crippen molar-refractivity contribution >= 4 is 43.7 Å². The fraction of sp³-hybridized carbons (Fsp3) is 0.0714. The largest absolute Gasteiger partial charge is 0.456 e. The number of para-hydroxylation sites is 2. The van der Waals surface area contributed by atoms with Crippen molar-refractivity contribution in [1.82, 2.24) is 19.5 Å². The molecule has 0 aliphatic heterocycles. The summed E-state index contributed by atoms with van der Waals surface area (Å²) >= 11 is 0. The van der Waals surface area contributed by atoms with Gasteiger partial charge in [0.1, 0.15) is 11.2 Å². The molecule has 0 radical (unpaired) electrons. The highest BCUT2D eigenvalue weighted by atomic mass is 16.3. The Morgan fingerprint density at radius 2 is 1.23 bits per heavy atom. The van der Waals surface area contributed by atoms with E-state index in [1.807, 2.05) is 54.6 Å². The Balaban J connectivity index is 1.26. The molecule has 6 aromatic carbocycles. The number of aromatic nitrogens is 4. The van der Waals surface area contributed by atoms with Crippen LogP contribution in [0.2, 0.25) is 0 Å². The van der Waals surface area contributed by atoms with Gasteiger partial charge in [0.05, 0.1) is 11.0 Å². The van der Waals surface area contributed by atoms with Gasteiger partial charge < -0.3 is 4.42 Å². The molecular weight excluding hydrogens is 576 g/mol. The second kappa shape index (κ2) is 9.47. The molecule has 5 heteroatoms. The number of hydrogen-bond acceptors (Lipinski definition) is 4. The van der Waals surface area contributed by atoms with Crippen LogP contribution in [-0.2, 0) is 5.41 Å². The second-order valence-electron chi connectivity index (χ2n) is 12.9. The lowest BCUT2D eigenvalue weighted by molar-refractivity contribution is 0.666. The molecule has 0 saturated heterocycles. The molecule has 3 heterocycles. The molecule has 0 unspecified atom stereocenters. The molecule has 0 spiro atoms. The van der Waals surface area contributed by atoms with E-state index in [-0.39, 0.29) is 5.41 Å². The molecule has 1 aliphatic rings. The molecule has 3 aromatic heterocycles. The summed E-state index contributed by atoms with van der Waals surface area (Å²) in [6.45, 7) is 4.68. The van der Waals surface area contributed by atoms with Crippen LogP contribution in [0.3, 0.4) is 0 Å². The summed E-state index contributed by atoms with van der Waals surface area (Å²) in [5.41, 5.74) is 10.7. The first-order valence-electron chi connectivity index (χ1n) is 16.0. The summed E-state index contributed by atoms with van der Waals surface area (Å²) in [5, 5.41) is 4.60. The van der Waals surface area contributed by atoms with E-state index in [0.717, 1.165) is 44.1 Å². The van der Waals surface area contributed by atoms with Gasteiger partial charge in [-0.1, -0.05) is 117 Å². The first-order chi connectivity index (χ1) is 23.1. The third kappa shape index (κ3) is 3.68. The number of hydrogen-bond donors (Lipinski definition) is 0. The number of benzene rings is 6. The first kappa shape index (κ1) is 26.2. The van der Waals surface area contributed by atoms with E-state index >= 15 is 0 Å². The molecule has 5 nitrogen and oxygen atoms in total. The summed E-state index contributed by atoms with van der Waals surface area (Å²) in [4.78, 5) is 15.4. The van der Waals surface area contributed by atoms with E-state index < -0.39 is 0 Å². The molecule has 0 saturated carbocycles. The number of furan rings is 1. The lowest BCUT2D eigenvalue weighted by atomic mass is 9.80. The molecule has 0 N–H and O–H groups in total. The van der Waals surface area contributed by atoms with Gasteiger partial charge in [-0.3, -0.25) is 4.57 Å². The lowest BCUT2D eigenvalue weighted by Gasteiger charge is -2.22. The van der Waals surface area contributed by atoms with Gasteiger partial charge in [0.15, 0.2) is 11.6 Å². The van der Waals surface area contributed by atoms with Gasteiger partial charge in [0.25, 0.3) is 0 Å². The normalized spacial score (nSPS) is 13.5. The molecule has 47 heavy (non-hydrogen) atoms. The predicted molar refractivity (Wildman–Crippen MR) is 190 cm³/mol. The third-order valence-electron chi connectivity index (χ3n) is 9.85. The Hall–Kier alpha value is -6.07. The zero-order valence-electron chi connectivity index (χ0n) is 25.9. The zero-order chi connectivity index (χ0) is 31.3. The van der Waals surface area contributed by atoms with E-state index in [0.29, 0.717) is 17.6 Å². The van der Waals surface area contributed by atoms with Gasteiger partial charge in [-0.15, -0.1) is 0 Å². The fourth-order valence-electron chi connectivity index (χ4n) is 7.72. The van der Waals surface area contributed by atoms with Gasteiger partial charge >= 0.3 is 0 Å². The van der Waals surface area contributed by atoms with Crippen molar-refractivity contribution in [3.63, 3.8) is 0 Å². The van der Waals surface area contributed by atoms with E-state index in [9.17, 15) is 0 Å². The maximum atomic E-state index is 6.26. The van der Waals surface area contributed by atoms with Crippen molar-refractivity contribution in [3.05, 3.63) is 145 Å². The quantitative estimate of drug-likeness (QED) is 0.201. The van der Waals surface area contributed by atoms with Crippen LogP contribution >= 0.6 is 0 Å². The summed E-state index contributed by atoms with van der Waals surface area (Å²) < 4.78 is 8.47. The summed E-state index contributed by atoms with van der Waals surface area (Å²) in [6, 6.07) is 46.4. The summed E-state index contributed by atoms with van der Waals surface area (Å²) in [5.74, 6) is 1.80. The fourth-order valence-corrected chi connectivity index (χ4v) is 7.72. The molecule has 9 aromatic rings. The van der Waals surface area contributed by atoms with Crippen LogP contribution in [0.5, 0.6) is 0 Å². The van der Waals surface area contributed by atoms with Crippen LogP contribution in [0.4, 0.5) is 0 Å². The van der Waals surface area contributed by atoms with Crippen molar-refractivity contribution in [1.29, 1.82) is 0 Å². The van der Waals surface area contributed by atoms with Crippen molar-refractivity contribution in [3.8, 4) is 39.9 Å². The Kier molecular flexibility index (Phi) is 5.28. The molecule has 0 amide bonds. The maximum Gasteiger partial charge on any atom is 0.238 e. The summed E-state index contributed by atoms with van der Waals surface area (Å²) in [7, 11) is 0. The zero-order valence-corrected chi connectivity index (χ0v) is 25.9. The van der Waals surface area contributed by atoms with Gasteiger partial charge in [0.2, 0.25) is 5.95 Å². The monoisotopic (exact) mass is 604 g/mol. The van der Waals surface area contributed by atoms with Gasteiger partial charge in [-0.25, -0.2) is 4.98 Å². The highest BCUT2D eigenvalue weighted by Crippen LogP contribution is 2.53. The Labute approximate surface area is 270 Å². The molecule has 10 rings (SSSR count). The number of fused-ring (bicyclic) bond motifs is 10. The highest BCUT2D eigenvalue weighted by Gasteiger charge is 2.38. The average molecular weight is 605 g/mol. The van der Waals surface area contributed by atoms with Crippen LogP contribution in [0, 0.1) is 0 Å².